The molecule has 5 N–H and O–H groups in total. The maximum Gasteiger partial charge on any atom is 0.350 e. The molecule has 11 nitrogen and oxygen atoms in total. The number of hydrogen-bond donors (Lipinski definition) is 5. The van der Waals surface area contributed by atoms with E-state index in [0.717, 1.165) is 25.7 Å². The Hall–Kier alpha value is -1.74. The molecule has 1 saturated heterocycles. The SMILES string of the molecule is N#Cc1c(Cl)nc2c(ccn2[C@@H]2O[C@H](COCP(=O)(O)O)[C@@H](O)[C@H]2O)c1NC1CCCCC1. The van der Waals surface area contributed by atoms with Crippen molar-refractivity contribution in [1.29, 1.82) is 5.26 Å². The van der Waals surface area contributed by atoms with Crippen LogP contribution in [0.15, 0.2) is 12.3 Å². The number of nitrogens with one attached hydrogen (secondary N) is 1. The number of ether oxygens (including phenoxy) is 2. The van der Waals surface area contributed by atoms with E-state index in [2.05, 4.69) is 16.4 Å². The van der Waals surface area contributed by atoms with Crippen LogP contribution >= 0.6 is 19.2 Å². The lowest BCUT2D eigenvalue weighted by Crippen LogP contribution is -2.33. The van der Waals surface area contributed by atoms with E-state index in [1.807, 2.05) is 0 Å². The van der Waals surface area contributed by atoms with Gasteiger partial charge in [-0.3, -0.25) is 4.57 Å². The fourth-order valence-electron chi connectivity index (χ4n) is 4.43. The molecule has 0 aromatic carbocycles. The van der Waals surface area contributed by atoms with E-state index < -0.39 is 38.5 Å². The predicted octanol–water partition coefficient (Wildman–Crippen LogP) is 2.08. The van der Waals surface area contributed by atoms with E-state index in [4.69, 9.17) is 30.9 Å². The molecular weight excluding hydrogens is 475 g/mol. The summed E-state index contributed by atoms with van der Waals surface area (Å²) in [7, 11) is -4.37. The third-order valence-corrected chi connectivity index (χ3v) is 6.83. The molecule has 2 aromatic rings. The number of fused-ring (bicyclic) bond motifs is 1. The van der Waals surface area contributed by atoms with Crippen molar-refractivity contribution in [3.05, 3.63) is 23.0 Å². The summed E-state index contributed by atoms with van der Waals surface area (Å²) in [6, 6.07) is 4.07. The Morgan fingerprint density at radius 3 is 2.70 bits per heavy atom. The zero-order valence-electron chi connectivity index (χ0n) is 17.7. The summed E-state index contributed by atoms with van der Waals surface area (Å²) in [4.78, 5) is 22.2. The fraction of sp³-hybridized carbons (Fsp3) is 0.600. The van der Waals surface area contributed by atoms with Crippen LogP contribution in [0.1, 0.15) is 43.9 Å². The number of pyridine rings is 1. The number of aliphatic hydroxyl groups excluding tert-OH is 2. The minimum Gasteiger partial charge on any atom is -0.387 e. The zero-order chi connectivity index (χ0) is 23.8. The number of hydrogen-bond acceptors (Lipinski definition) is 8. The molecule has 0 radical (unpaired) electrons. The van der Waals surface area contributed by atoms with Gasteiger partial charge in [-0.15, -0.1) is 0 Å². The second-order valence-corrected chi connectivity index (χ2v) is 10.4. The third kappa shape index (κ3) is 5.19. The summed E-state index contributed by atoms with van der Waals surface area (Å²) in [6.45, 7) is -0.319. The molecule has 33 heavy (non-hydrogen) atoms. The first kappa shape index (κ1) is 24.4. The lowest BCUT2D eigenvalue weighted by molar-refractivity contribution is -0.0610. The maximum absolute atomic E-state index is 11.0. The highest BCUT2D eigenvalue weighted by atomic mass is 35.5. The van der Waals surface area contributed by atoms with Gasteiger partial charge in [-0.2, -0.15) is 5.26 Å². The van der Waals surface area contributed by atoms with E-state index in [-0.39, 0.29) is 23.4 Å². The molecule has 2 aliphatic rings. The third-order valence-electron chi connectivity index (χ3n) is 6.04. The van der Waals surface area contributed by atoms with Gasteiger partial charge in [0.15, 0.2) is 11.4 Å². The van der Waals surface area contributed by atoms with Crippen molar-refractivity contribution >= 4 is 35.9 Å². The highest BCUT2D eigenvalue weighted by Gasteiger charge is 2.44. The van der Waals surface area contributed by atoms with E-state index in [9.17, 15) is 20.0 Å². The van der Waals surface area contributed by atoms with E-state index in [0.29, 0.717) is 16.7 Å². The second-order valence-electron chi connectivity index (χ2n) is 8.41. The molecular formula is C20H26ClN4O7P. The molecule has 3 heterocycles. The van der Waals surface area contributed by atoms with Crippen molar-refractivity contribution in [2.45, 2.75) is 62.7 Å². The Labute approximate surface area is 195 Å². The average Bonchev–Trinajstić information content (AvgIpc) is 3.29. The van der Waals surface area contributed by atoms with Crippen molar-refractivity contribution in [2.75, 3.05) is 18.3 Å². The minimum atomic E-state index is -4.37. The summed E-state index contributed by atoms with van der Waals surface area (Å²) >= 11 is 6.33. The van der Waals surface area contributed by atoms with Crippen molar-refractivity contribution in [2.24, 2.45) is 0 Å². The van der Waals surface area contributed by atoms with Crippen molar-refractivity contribution in [1.82, 2.24) is 9.55 Å². The molecule has 0 bridgehead atoms. The van der Waals surface area contributed by atoms with Crippen LogP contribution in [0.25, 0.3) is 11.0 Å². The molecule has 4 atom stereocenters. The van der Waals surface area contributed by atoms with Gasteiger partial charge in [0, 0.05) is 17.6 Å². The van der Waals surface area contributed by atoms with Crippen molar-refractivity contribution in [3.8, 4) is 6.07 Å². The number of halogens is 1. The second kappa shape index (κ2) is 9.86. The van der Waals surface area contributed by atoms with Gasteiger partial charge in [-0.25, -0.2) is 4.98 Å². The molecule has 1 aliphatic carbocycles. The normalized spacial score (nSPS) is 26.5. The summed E-state index contributed by atoms with van der Waals surface area (Å²) in [5.74, 6) is 0. The molecule has 2 fully saturated rings. The molecule has 2 aromatic heterocycles. The summed E-state index contributed by atoms with van der Waals surface area (Å²) in [5.41, 5.74) is 1.18. The lowest BCUT2D eigenvalue weighted by Gasteiger charge is -2.25. The van der Waals surface area contributed by atoms with Gasteiger partial charge in [0.05, 0.1) is 12.3 Å². The molecule has 1 saturated carbocycles. The standard InChI is InChI=1S/C20H26ClN4O7P/c21-18-13(8-22)15(23-11-4-2-1-3-5-11)12-6-7-25(19(12)24-18)20-17(27)16(26)14(32-20)9-31-10-33(28,29)30/h6-7,11,14,16-17,20,26-27H,1-5,9-10H2,(H,23,24)(H2,28,29,30)/t14-,16-,17-,20-/m1/s1. The number of nitriles is 1. The van der Waals surface area contributed by atoms with Crippen LogP contribution in [0.3, 0.4) is 0 Å². The quantitative estimate of drug-likeness (QED) is 0.280. The first-order valence-electron chi connectivity index (χ1n) is 10.7. The van der Waals surface area contributed by atoms with Gasteiger partial charge >= 0.3 is 7.60 Å². The Morgan fingerprint density at radius 2 is 2.03 bits per heavy atom. The fourth-order valence-corrected chi connectivity index (χ4v) is 4.99. The van der Waals surface area contributed by atoms with E-state index >= 15 is 0 Å². The lowest BCUT2D eigenvalue weighted by atomic mass is 9.95. The van der Waals surface area contributed by atoms with Gasteiger partial charge in [-0.1, -0.05) is 30.9 Å². The number of nitrogens with zero attached hydrogens (tertiary/aromatic N) is 3. The first-order chi connectivity index (χ1) is 15.7. The van der Waals surface area contributed by atoms with Crippen molar-refractivity contribution < 1.29 is 34.0 Å². The topological polar surface area (TPSA) is 170 Å². The Kier molecular flexibility index (Phi) is 7.29. The summed E-state index contributed by atoms with van der Waals surface area (Å²) < 4.78 is 23.2. The maximum atomic E-state index is 11.0. The van der Waals surface area contributed by atoms with E-state index in [1.165, 1.54) is 11.0 Å². The van der Waals surface area contributed by atoms with Crippen LogP contribution in [0.5, 0.6) is 0 Å². The minimum absolute atomic E-state index is 0.0119. The largest absolute Gasteiger partial charge is 0.387 e. The van der Waals surface area contributed by atoms with Crippen LogP contribution in [-0.2, 0) is 14.0 Å². The van der Waals surface area contributed by atoms with Crippen LogP contribution in [0, 0.1) is 11.3 Å². The summed E-state index contributed by atoms with van der Waals surface area (Å²) in [5, 5.41) is 34.7. The van der Waals surface area contributed by atoms with Crippen LogP contribution < -0.4 is 5.32 Å². The molecule has 4 rings (SSSR count). The van der Waals surface area contributed by atoms with Gasteiger partial charge in [0.25, 0.3) is 0 Å². The van der Waals surface area contributed by atoms with Crippen LogP contribution in [0.2, 0.25) is 5.15 Å². The predicted molar refractivity (Wildman–Crippen MR) is 119 cm³/mol. The van der Waals surface area contributed by atoms with Gasteiger partial charge in [0.1, 0.15) is 41.9 Å². The number of anilines is 1. The Morgan fingerprint density at radius 1 is 1.30 bits per heavy atom. The number of rotatable bonds is 7. The first-order valence-corrected chi connectivity index (χ1v) is 12.9. The molecule has 13 heteroatoms. The zero-order valence-corrected chi connectivity index (χ0v) is 19.3. The summed E-state index contributed by atoms with van der Waals surface area (Å²) in [6.07, 6.45) is 1.42. The van der Waals surface area contributed by atoms with Gasteiger partial charge < -0.3 is 39.4 Å². The van der Waals surface area contributed by atoms with Gasteiger partial charge in [0.2, 0.25) is 0 Å². The molecule has 0 spiro atoms. The molecule has 180 valence electrons. The van der Waals surface area contributed by atoms with E-state index in [1.54, 1.807) is 12.3 Å². The Balaban J connectivity index is 1.62. The monoisotopic (exact) mass is 500 g/mol. The van der Waals surface area contributed by atoms with Crippen LogP contribution in [-0.4, -0.2) is 66.9 Å². The average molecular weight is 501 g/mol. The number of aromatic nitrogens is 2. The smallest absolute Gasteiger partial charge is 0.350 e. The van der Waals surface area contributed by atoms with Crippen LogP contribution in [0.4, 0.5) is 5.69 Å². The molecule has 0 unspecified atom stereocenters. The molecule has 0 amide bonds. The van der Waals surface area contributed by atoms with Gasteiger partial charge in [-0.05, 0) is 18.9 Å². The molecule has 1 aliphatic heterocycles. The highest BCUT2D eigenvalue weighted by Crippen LogP contribution is 2.38. The highest BCUT2D eigenvalue weighted by molar-refractivity contribution is 7.51. The Bertz CT molecular complexity index is 1090. The number of aliphatic hydroxyl groups is 2. The van der Waals surface area contributed by atoms with Crippen molar-refractivity contribution in [3.63, 3.8) is 0 Å².